The van der Waals surface area contributed by atoms with Gasteiger partial charge >= 0.3 is 0 Å². The lowest BCUT2D eigenvalue weighted by Crippen LogP contribution is -2.57. The third-order valence-corrected chi connectivity index (χ3v) is 10.9. The van der Waals surface area contributed by atoms with E-state index in [0.717, 1.165) is 24.5 Å². The van der Waals surface area contributed by atoms with E-state index in [1.165, 1.54) is 4.90 Å². The molecule has 2 fully saturated rings. The number of anilines is 3. The van der Waals surface area contributed by atoms with Gasteiger partial charge in [0.1, 0.15) is 11.6 Å². The van der Waals surface area contributed by atoms with Gasteiger partial charge in [-0.05, 0) is 62.2 Å². The van der Waals surface area contributed by atoms with Crippen molar-refractivity contribution in [2.45, 2.75) is 50.5 Å². The lowest BCUT2D eigenvalue weighted by atomic mass is 9.73. The number of carbonyl (C=O) groups is 3. The van der Waals surface area contributed by atoms with Crippen LogP contribution in [0.2, 0.25) is 0 Å². The Labute approximate surface area is 288 Å². The zero-order valence-corrected chi connectivity index (χ0v) is 28.3. The molecular weight excluding hydrogens is 616 g/mol. The Morgan fingerprint density at radius 3 is 1.96 bits per heavy atom. The minimum atomic E-state index is -1.45. The van der Waals surface area contributed by atoms with Crippen LogP contribution in [-0.4, -0.2) is 77.8 Å². The summed E-state index contributed by atoms with van der Waals surface area (Å²) in [6, 6.07) is 24.7. The molecule has 1 unspecified atom stereocenters. The summed E-state index contributed by atoms with van der Waals surface area (Å²) in [4.78, 5) is 52.3. The van der Waals surface area contributed by atoms with Gasteiger partial charge < -0.3 is 29.4 Å². The monoisotopic (exact) mass is 660 g/mol. The van der Waals surface area contributed by atoms with Crippen molar-refractivity contribution in [1.82, 2.24) is 4.90 Å². The number of likely N-dealkylation sites (tertiary alicyclic amines) is 1. The number of hydrogen-bond donors (Lipinski definition) is 1. The van der Waals surface area contributed by atoms with E-state index in [9.17, 15) is 9.90 Å². The molecule has 1 spiro atoms. The van der Waals surface area contributed by atoms with Gasteiger partial charge in [-0.3, -0.25) is 14.4 Å². The average molecular weight is 661 g/mol. The summed E-state index contributed by atoms with van der Waals surface area (Å²) in [7, 11) is 0. The summed E-state index contributed by atoms with van der Waals surface area (Å²) in [6.45, 7) is 8.09. The van der Waals surface area contributed by atoms with Crippen LogP contribution < -0.4 is 14.7 Å². The van der Waals surface area contributed by atoms with E-state index in [4.69, 9.17) is 4.74 Å². The minimum Gasteiger partial charge on any atom is -0.394 e. The van der Waals surface area contributed by atoms with Crippen LogP contribution in [0.4, 0.5) is 17.1 Å². The van der Waals surface area contributed by atoms with Gasteiger partial charge in [0.2, 0.25) is 11.8 Å². The fourth-order valence-electron chi connectivity index (χ4n) is 8.57. The van der Waals surface area contributed by atoms with Gasteiger partial charge in [-0.1, -0.05) is 79.8 Å². The summed E-state index contributed by atoms with van der Waals surface area (Å²) in [6.07, 6.45) is 8.07. The third kappa shape index (κ3) is 5.09. The number of rotatable bonds is 9. The van der Waals surface area contributed by atoms with Crippen LogP contribution in [0.25, 0.3) is 0 Å². The highest BCUT2D eigenvalue weighted by molar-refractivity contribution is 6.08. The lowest BCUT2D eigenvalue weighted by molar-refractivity contribution is -0.149. The van der Waals surface area contributed by atoms with Crippen LogP contribution >= 0.6 is 0 Å². The van der Waals surface area contributed by atoms with Gasteiger partial charge in [0, 0.05) is 43.2 Å². The smallest absolute Gasteiger partial charge is 0.253 e. The Kier molecular flexibility index (Phi) is 8.67. The van der Waals surface area contributed by atoms with Gasteiger partial charge in [0.15, 0.2) is 0 Å². The van der Waals surface area contributed by atoms with E-state index >= 15 is 9.59 Å². The quantitative estimate of drug-likeness (QED) is 0.320. The summed E-state index contributed by atoms with van der Waals surface area (Å²) < 4.78 is 7.18. The van der Waals surface area contributed by atoms with E-state index in [2.05, 4.69) is 18.7 Å². The maximum absolute atomic E-state index is 15.2. The first-order valence-electron chi connectivity index (χ1n) is 17.4. The van der Waals surface area contributed by atoms with Crippen molar-refractivity contribution >= 4 is 34.8 Å². The Hall–Kier alpha value is -4.73. The highest BCUT2D eigenvalue weighted by Gasteiger charge is 2.76. The zero-order valence-electron chi connectivity index (χ0n) is 28.3. The van der Waals surface area contributed by atoms with Crippen molar-refractivity contribution in [1.29, 1.82) is 0 Å². The Morgan fingerprint density at radius 2 is 1.35 bits per heavy atom. The van der Waals surface area contributed by atoms with Crippen molar-refractivity contribution in [2.24, 2.45) is 11.8 Å². The number of ether oxygens (including phenoxy) is 1. The molecule has 3 aromatic carbocycles. The number of benzene rings is 3. The Bertz CT molecular complexity index is 1760. The van der Waals surface area contributed by atoms with Crippen LogP contribution in [0.5, 0.6) is 0 Å². The first kappa shape index (κ1) is 32.8. The molecule has 4 aliphatic rings. The average Bonchev–Trinajstić information content (AvgIpc) is 3.43. The van der Waals surface area contributed by atoms with Crippen LogP contribution in [0.3, 0.4) is 0 Å². The number of aliphatic hydroxyl groups excluding tert-OH is 1. The van der Waals surface area contributed by atoms with E-state index in [1.54, 1.807) is 9.80 Å². The first-order chi connectivity index (χ1) is 23.8. The molecule has 254 valence electrons. The molecule has 0 saturated carbocycles. The topological polar surface area (TPSA) is 93.6 Å². The molecule has 1 N–H and O–H groups in total. The fraction of sp³-hybridized carbons (Fsp3) is 0.375. The first-order valence-corrected chi connectivity index (χ1v) is 17.4. The van der Waals surface area contributed by atoms with Crippen LogP contribution in [0.15, 0.2) is 109 Å². The van der Waals surface area contributed by atoms with E-state index in [0.29, 0.717) is 24.2 Å². The van der Waals surface area contributed by atoms with Crippen molar-refractivity contribution in [3.05, 3.63) is 115 Å². The third-order valence-electron chi connectivity index (χ3n) is 10.9. The molecule has 0 bridgehead atoms. The number of amides is 3. The van der Waals surface area contributed by atoms with Gasteiger partial charge in [-0.2, -0.15) is 0 Å². The number of carbonyl (C=O) groups excluding carboxylic acids is 3. The van der Waals surface area contributed by atoms with E-state index in [1.807, 2.05) is 116 Å². The summed E-state index contributed by atoms with van der Waals surface area (Å²) in [5.74, 6) is -2.81. The highest BCUT2D eigenvalue weighted by Crippen LogP contribution is 2.60. The molecule has 9 nitrogen and oxygen atoms in total. The van der Waals surface area contributed by atoms with Crippen LogP contribution in [0, 0.1) is 11.8 Å². The van der Waals surface area contributed by atoms with Crippen molar-refractivity contribution < 1.29 is 24.2 Å². The second-order valence-electron chi connectivity index (χ2n) is 13.2. The predicted octanol–water partition coefficient (Wildman–Crippen LogP) is 5.13. The molecule has 3 aromatic rings. The van der Waals surface area contributed by atoms with Crippen molar-refractivity contribution in [3.63, 3.8) is 0 Å². The maximum Gasteiger partial charge on any atom is 0.253 e. The molecule has 3 amide bonds. The summed E-state index contributed by atoms with van der Waals surface area (Å²) in [5.41, 5.74) is 0.618. The summed E-state index contributed by atoms with van der Waals surface area (Å²) >= 11 is 0. The number of hydrogen-bond acceptors (Lipinski definition) is 6. The fourth-order valence-corrected chi connectivity index (χ4v) is 8.57. The summed E-state index contributed by atoms with van der Waals surface area (Å²) in [5, 5.41) is 10.9. The second-order valence-corrected chi connectivity index (χ2v) is 13.2. The molecular formula is C40H44N4O5. The normalized spacial score (nSPS) is 28.2. The van der Waals surface area contributed by atoms with Gasteiger partial charge in [-0.15, -0.1) is 0 Å². The number of para-hydroxylation sites is 1. The molecule has 0 aliphatic carbocycles. The molecule has 9 heteroatoms. The number of nitrogens with zero attached hydrogens (tertiary/aromatic N) is 4. The van der Waals surface area contributed by atoms with Crippen molar-refractivity contribution in [2.75, 3.05) is 47.5 Å². The molecule has 2 saturated heterocycles. The largest absolute Gasteiger partial charge is 0.394 e. The van der Waals surface area contributed by atoms with E-state index < -0.39 is 41.7 Å². The Morgan fingerprint density at radius 1 is 0.755 bits per heavy atom. The highest BCUT2D eigenvalue weighted by atomic mass is 16.5. The minimum absolute atomic E-state index is 0.219. The van der Waals surface area contributed by atoms with Crippen molar-refractivity contribution in [3.8, 4) is 0 Å². The SMILES string of the molecule is CCN(CC)c1ccc(N2CC=C[C@]34O[C@@]5(CC)C=CCN(c6ccccc6)C(=O)[C@H]5[C@H]3C(=O)N([C@H](CO)c3ccccc3)C4C2=O)cc1. The molecule has 6 atom stereocenters. The second kappa shape index (κ2) is 12.9. The molecule has 7 rings (SSSR count). The van der Waals surface area contributed by atoms with Crippen LogP contribution in [-0.2, 0) is 19.1 Å². The molecule has 4 heterocycles. The number of fused-ring (bicyclic) bond motifs is 2. The zero-order chi connectivity index (χ0) is 34.3. The van der Waals surface area contributed by atoms with Crippen LogP contribution in [0.1, 0.15) is 38.8 Å². The Balaban J connectivity index is 1.37. The van der Waals surface area contributed by atoms with Gasteiger partial charge in [0.05, 0.1) is 30.1 Å². The van der Waals surface area contributed by atoms with Gasteiger partial charge in [0.25, 0.3) is 5.91 Å². The molecule has 0 aromatic heterocycles. The number of aliphatic hydroxyl groups is 1. The standard InChI is InChI=1S/C40H44N4O5/c1-4-39-23-13-25-42(30-17-11-8-12-18-30)36(46)33(39)34-37(47)44(32(27-45)28-15-9-7-10-16-28)35-38(48)43(26-14-24-40(34,35)49-39)31-21-19-29(20-22-31)41(5-2)6-3/h7-24,32-35,45H,4-6,25-27H2,1-3H3/t32-,33-,34+,35?,39+,40+/m1/s1. The molecule has 49 heavy (non-hydrogen) atoms. The molecule has 0 radical (unpaired) electrons. The van der Waals surface area contributed by atoms with E-state index in [-0.39, 0.29) is 24.3 Å². The lowest BCUT2D eigenvalue weighted by Gasteiger charge is -2.41. The molecule has 4 aliphatic heterocycles. The maximum atomic E-state index is 15.2. The van der Waals surface area contributed by atoms with Gasteiger partial charge in [-0.25, -0.2) is 0 Å². The predicted molar refractivity (Wildman–Crippen MR) is 190 cm³/mol.